The first-order valence-corrected chi connectivity index (χ1v) is 12.9. The lowest BCUT2D eigenvalue weighted by Crippen LogP contribution is -2.55. The summed E-state index contributed by atoms with van der Waals surface area (Å²) in [5.41, 5.74) is 0.905. The van der Waals surface area contributed by atoms with Crippen LogP contribution in [0.2, 0.25) is 0 Å². The average molecular weight is 589 g/mol. The molecular formula is C26H32IN5O3. The zero-order valence-electron chi connectivity index (χ0n) is 19.8. The maximum Gasteiger partial charge on any atom is 0.245 e. The van der Waals surface area contributed by atoms with Gasteiger partial charge in [-0.1, -0.05) is 43.0 Å². The van der Waals surface area contributed by atoms with E-state index in [2.05, 4.69) is 49.7 Å². The molecule has 9 heteroatoms. The second kappa shape index (κ2) is 13.8. The monoisotopic (exact) mass is 589 g/mol. The van der Waals surface area contributed by atoms with Crippen molar-refractivity contribution >= 4 is 46.1 Å². The number of hydrogen-bond donors (Lipinski definition) is 2. The first kappa shape index (κ1) is 26.7. The molecule has 35 heavy (non-hydrogen) atoms. The van der Waals surface area contributed by atoms with E-state index in [1.165, 1.54) is 6.08 Å². The quantitative estimate of drug-likeness (QED) is 0.182. The summed E-state index contributed by atoms with van der Waals surface area (Å²) in [6, 6.07) is 14.8. The van der Waals surface area contributed by atoms with Crippen LogP contribution < -0.4 is 15.5 Å². The number of carbonyl (C=O) groups is 3. The molecule has 1 aliphatic heterocycles. The highest BCUT2D eigenvalue weighted by atomic mass is 127. The number of hydrogen-bond acceptors (Lipinski definition) is 5. The molecule has 1 fully saturated rings. The van der Waals surface area contributed by atoms with Crippen molar-refractivity contribution in [2.24, 2.45) is 0 Å². The number of benzene rings is 1. The van der Waals surface area contributed by atoms with Crippen molar-refractivity contribution in [3.05, 3.63) is 70.5 Å². The van der Waals surface area contributed by atoms with Crippen LogP contribution >= 0.6 is 22.6 Å². The molecule has 1 aliphatic rings. The van der Waals surface area contributed by atoms with E-state index in [1.54, 1.807) is 0 Å². The summed E-state index contributed by atoms with van der Waals surface area (Å²) in [7, 11) is 0. The minimum atomic E-state index is -0.594. The Morgan fingerprint density at radius 2 is 1.77 bits per heavy atom. The largest absolute Gasteiger partial charge is 0.353 e. The molecule has 1 aromatic heterocycles. The van der Waals surface area contributed by atoms with Gasteiger partial charge in [-0.3, -0.25) is 14.4 Å². The molecule has 0 bridgehead atoms. The van der Waals surface area contributed by atoms with Crippen molar-refractivity contribution in [1.29, 1.82) is 0 Å². The summed E-state index contributed by atoms with van der Waals surface area (Å²) in [4.78, 5) is 46.0. The summed E-state index contributed by atoms with van der Waals surface area (Å²) in [6.07, 6.45) is 3.39. The number of unbranched alkanes of at least 4 members (excludes halogenated alkanes) is 1. The molecule has 0 radical (unpaired) electrons. The Balaban J connectivity index is 1.57. The molecule has 3 rings (SSSR count). The number of anilines is 1. The number of nitrogens with one attached hydrogen (secondary N) is 2. The predicted octanol–water partition coefficient (Wildman–Crippen LogP) is 2.53. The third-order valence-corrected chi connectivity index (χ3v) is 6.46. The second-order valence-corrected chi connectivity index (χ2v) is 9.51. The fourth-order valence-corrected chi connectivity index (χ4v) is 4.45. The van der Waals surface area contributed by atoms with Gasteiger partial charge in [0, 0.05) is 32.7 Å². The van der Waals surface area contributed by atoms with E-state index in [-0.39, 0.29) is 24.1 Å². The third-order valence-electron chi connectivity index (χ3n) is 5.86. The van der Waals surface area contributed by atoms with Crippen molar-refractivity contribution in [2.75, 3.05) is 37.6 Å². The number of pyridine rings is 1. The van der Waals surface area contributed by atoms with Crippen LogP contribution in [0.5, 0.6) is 0 Å². The summed E-state index contributed by atoms with van der Waals surface area (Å²) in [5, 5.41) is 5.71. The number of rotatable bonds is 11. The van der Waals surface area contributed by atoms with Crippen LogP contribution in [0.25, 0.3) is 0 Å². The molecular weight excluding hydrogens is 557 g/mol. The molecule has 2 aromatic rings. The molecule has 1 atom stereocenters. The number of halogens is 1. The van der Waals surface area contributed by atoms with Gasteiger partial charge in [-0.15, -0.1) is 0 Å². The van der Waals surface area contributed by atoms with Crippen LogP contribution in [0, 0.1) is 3.70 Å². The maximum absolute atomic E-state index is 13.4. The fourth-order valence-electron chi connectivity index (χ4n) is 3.99. The SMILES string of the molecule is C=CC(=O)NCCCCC(NC(=O)Cc1ccccc1)C(=O)N1CCN(c2cccc(I)n2)CC1. The van der Waals surface area contributed by atoms with E-state index < -0.39 is 6.04 Å². The summed E-state index contributed by atoms with van der Waals surface area (Å²) < 4.78 is 0.934. The molecule has 1 unspecified atom stereocenters. The van der Waals surface area contributed by atoms with E-state index in [0.29, 0.717) is 52.0 Å². The number of carbonyl (C=O) groups excluding carboxylic acids is 3. The highest BCUT2D eigenvalue weighted by molar-refractivity contribution is 14.1. The van der Waals surface area contributed by atoms with Crippen LogP contribution in [-0.4, -0.2) is 66.4 Å². The molecule has 186 valence electrons. The first-order valence-electron chi connectivity index (χ1n) is 11.9. The van der Waals surface area contributed by atoms with E-state index in [9.17, 15) is 14.4 Å². The van der Waals surface area contributed by atoms with Gasteiger partial charge in [-0.2, -0.15) is 0 Å². The lowest BCUT2D eigenvalue weighted by atomic mass is 10.1. The Morgan fingerprint density at radius 1 is 1.03 bits per heavy atom. The maximum atomic E-state index is 13.4. The van der Waals surface area contributed by atoms with Crippen LogP contribution in [0.3, 0.4) is 0 Å². The fraction of sp³-hybridized carbons (Fsp3) is 0.385. The topological polar surface area (TPSA) is 94.6 Å². The van der Waals surface area contributed by atoms with Crippen LogP contribution in [0.15, 0.2) is 61.2 Å². The van der Waals surface area contributed by atoms with Gasteiger partial charge in [-0.05, 0) is 65.6 Å². The molecule has 2 N–H and O–H groups in total. The van der Waals surface area contributed by atoms with Gasteiger partial charge in [0.2, 0.25) is 17.7 Å². The normalized spacial score (nSPS) is 14.2. The number of nitrogens with zero attached hydrogens (tertiary/aromatic N) is 3. The molecule has 1 saturated heterocycles. The predicted molar refractivity (Wildman–Crippen MR) is 145 cm³/mol. The van der Waals surface area contributed by atoms with Crippen molar-refractivity contribution in [1.82, 2.24) is 20.5 Å². The molecule has 8 nitrogen and oxygen atoms in total. The average Bonchev–Trinajstić information content (AvgIpc) is 2.88. The Kier molecular flexibility index (Phi) is 10.5. The molecule has 3 amide bonds. The zero-order chi connectivity index (χ0) is 25.0. The van der Waals surface area contributed by atoms with Crippen LogP contribution in [-0.2, 0) is 20.8 Å². The third kappa shape index (κ3) is 8.65. The van der Waals surface area contributed by atoms with Gasteiger partial charge in [0.15, 0.2) is 0 Å². The molecule has 0 saturated carbocycles. The van der Waals surface area contributed by atoms with Crippen molar-refractivity contribution in [2.45, 2.75) is 31.7 Å². The van der Waals surface area contributed by atoms with E-state index in [0.717, 1.165) is 15.1 Å². The minimum Gasteiger partial charge on any atom is -0.353 e. The van der Waals surface area contributed by atoms with Gasteiger partial charge in [-0.25, -0.2) is 4.98 Å². The number of piperazine rings is 1. The lowest BCUT2D eigenvalue weighted by molar-refractivity contribution is -0.136. The second-order valence-electron chi connectivity index (χ2n) is 8.40. The van der Waals surface area contributed by atoms with Gasteiger partial charge in [0.25, 0.3) is 0 Å². The van der Waals surface area contributed by atoms with Crippen LogP contribution in [0.4, 0.5) is 5.82 Å². The Morgan fingerprint density at radius 3 is 2.46 bits per heavy atom. The molecule has 0 aliphatic carbocycles. The van der Waals surface area contributed by atoms with E-state index >= 15 is 0 Å². The van der Waals surface area contributed by atoms with Crippen molar-refractivity contribution in [3.63, 3.8) is 0 Å². The van der Waals surface area contributed by atoms with Gasteiger partial charge >= 0.3 is 0 Å². The highest BCUT2D eigenvalue weighted by Crippen LogP contribution is 2.16. The van der Waals surface area contributed by atoms with Crippen molar-refractivity contribution in [3.8, 4) is 0 Å². The smallest absolute Gasteiger partial charge is 0.245 e. The summed E-state index contributed by atoms with van der Waals surface area (Å²) in [6.45, 7) is 6.48. The van der Waals surface area contributed by atoms with Crippen LogP contribution in [0.1, 0.15) is 24.8 Å². The first-order chi connectivity index (χ1) is 17.0. The number of aromatic nitrogens is 1. The van der Waals surface area contributed by atoms with Gasteiger partial charge < -0.3 is 20.4 Å². The minimum absolute atomic E-state index is 0.0585. The van der Waals surface area contributed by atoms with E-state index in [4.69, 9.17) is 0 Å². The Hall–Kier alpha value is -2.95. The highest BCUT2D eigenvalue weighted by Gasteiger charge is 2.28. The number of amides is 3. The standard InChI is InChI=1S/C26H32IN5O3/c1-2-24(33)28-14-7-6-11-21(29-25(34)19-20-9-4-3-5-10-20)26(35)32-17-15-31(16-18-32)23-13-8-12-22(27)30-23/h2-5,8-10,12-13,21H,1,6-7,11,14-19H2,(H,28,33)(H,29,34). The Labute approximate surface area is 220 Å². The molecule has 2 heterocycles. The molecule has 0 spiro atoms. The zero-order valence-corrected chi connectivity index (χ0v) is 21.9. The van der Waals surface area contributed by atoms with Gasteiger partial charge in [0.1, 0.15) is 15.6 Å². The molecule has 1 aromatic carbocycles. The summed E-state index contributed by atoms with van der Waals surface area (Å²) in [5.74, 6) is 0.473. The summed E-state index contributed by atoms with van der Waals surface area (Å²) >= 11 is 2.20. The van der Waals surface area contributed by atoms with Crippen molar-refractivity contribution < 1.29 is 14.4 Å². The lowest BCUT2D eigenvalue weighted by Gasteiger charge is -2.37. The van der Waals surface area contributed by atoms with E-state index in [1.807, 2.05) is 53.4 Å². The Bertz CT molecular complexity index is 1010. The van der Waals surface area contributed by atoms with Gasteiger partial charge in [0.05, 0.1) is 6.42 Å².